The van der Waals surface area contributed by atoms with Crippen molar-refractivity contribution in [1.82, 2.24) is 0 Å². The van der Waals surface area contributed by atoms with Crippen LogP contribution in [0.1, 0.15) is 5.56 Å². The molecule has 1 rings (SSSR count). The second-order valence-electron chi connectivity index (χ2n) is 2.85. The van der Waals surface area contributed by atoms with Crippen LogP contribution in [0.3, 0.4) is 0 Å². The molecule has 0 aliphatic heterocycles. The average Bonchev–Trinajstić information content (AvgIpc) is 2.13. The fraction of sp³-hybridized carbons (Fsp3) is 0.111. The summed E-state index contributed by atoms with van der Waals surface area (Å²) in [5, 5.41) is 0.00176. The Bertz CT molecular complexity index is 502. The third-order valence-electron chi connectivity index (χ3n) is 1.61. The Kier molecular flexibility index (Phi) is 3.37. The Morgan fingerprint density at radius 3 is 2.31 bits per heavy atom. The Hall–Kier alpha value is -1.37. The van der Waals surface area contributed by atoms with Gasteiger partial charge in [-0.15, -0.1) is 0 Å². The fourth-order valence-electron chi connectivity index (χ4n) is 0.856. The van der Waals surface area contributed by atoms with E-state index in [2.05, 4.69) is 0 Å². The highest BCUT2D eigenvalue weighted by molar-refractivity contribution is 7.95. The summed E-state index contributed by atoms with van der Waals surface area (Å²) in [4.78, 5) is 0. The van der Waals surface area contributed by atoms with Crippen LogP contribution >= 0.6 is 0 Å². The van der Waals surface area contributed by atoms with E-state index in [1.165, 1.54) is 12.1 Å². The van der Waals surface area contributed by atoms with Crippen LogP contribution in [0.25, 0.3) is 6.08 Å². The van der Waals surface area contributed by atoms with Crippen molar-refractivity contribution < 1.29 is 26.0 Å². The smallest absolute Gasteiger partial charge is 0.215 e. The molecule has 16 heavy (non-hydrogen) atoms. The van der Waals surface area contributed by atoms with E-state index in [9.17, 15) is 26.0 Å². The number of hydrogen-bond donors (Lipinski definition) is 0. The minimum atomic E-state index is -5.34. The molecule has 0 atom stereocenters. The third-order valence-corrected chi connectivity index (χ3v) is 2.75. The van der Waals surface area contributed by atoms with E-state index < -0.39 is 21.2 Å². The summed E-state index contributed by atoms with van der Waals surface area (Å²) in [6.07, 6.45) is 0.686. The van der Waals surface area contributed by atoms with E-state index in [0.29, 0.717) is 6.08 Å². The second kappa shape index (κ2) is 4.25. The standard InChI is InChI=1S/C9H6F4O2S/c10-8-3-1-2-7(6-8)4-5-16(14,15)9(11,12)13/h1-6H/b5-4+. The van der Waals surface area contributed by atoms with Gasteiger partial charge in [0.15, 0.2) is 0 Å². The van der Waals surface area contributed by atoms with Crippen molar-refractivity contribution in [1.29, 1.82) is 0 Å². The van der Waals surface area contributed by atoms with Crippen LogP contribution in [0.2, 0.25) is 0 Å². The lowest BCUT2D eigenvalue weighted by Gasteiger charge is -2.02. The summed E-state index contributed by atoms with van der Waals surface area (Å²) in [5.41, 5.74) is -5.30. The molecule has 0 N–H and O–H groups in total. The molecule has 0 amide bonds. The van der Waals surface area contributed by atoms with E-state index in [-0.39, 0.29) is 11.0 Å². The lowest BCUT2D eigenvalue weighted by atomic mass is 10.2. The van der Waals surface area contributed by atoms with Gasteiger partial charge in [0.2, 0.25) is 0 Å². The first-order chi connectivity index (χ1) is 7.22. The maximum absolute atomic E-state index is 12.6. The van der Waals surface area contributed by atoms with Crippen molar-refractivity contribution in [2.45, 2.75) is 5.51 Å². The Labute approximate surface area is 89.1 Å². The van der Waals surface area contributed by atoms with E-state index in [4.69, 9.17) is 0 Å². The summed E-state index contributed by atoms with van der Waals surface area (Å²) in [6.45, 7) is 0. The number of halogens is 4. The summed E-state index contributed by atoms with van der Waals surface area (Å²) in [7, 11) is -5.31. The minimum Gasteiger partial charge on any atom is -0.215 e. The molecule has 0 spiro atoms. The minimum absolute atomic E-state index is 0.00176. The van der Waals surface area contributed by atoms with Gasteiger partial charge in [-0.25, -0.2) is 12.8 Å². The normalized spacial score (nSPS) is 13.2. The first-order valence-corrected chi connectivity index (χ1v) is 5.52. The summed E-state index contributed by atoms with van der Waals surface area (Å²) in [6, 6.07) is 4.55. The molecule has 0 saturated carbocycles. The van der Waals surface area contributed by atoms with E-state index >= 15 is 0 Å². The van der Waals surface area contributed by atoms with Gasteiger partial charge in [0.05, 0.1) is 0 Å². The molecule has 88 valence electrons. The maximum atomic E-state index is 12.6. The van der Waals surface area contributed by atoms with Crippen molar-refractivity contribution in [2.24, 2.45) is 0 Å². The predicted octanol–water partition coefficient (Wildman–Crippen LogP) is 2.73. The summed E-state index contributed by atoms with van der Waals surface area (Å²) < 4.78 is 69.5. The van der Waals surface area contributed by atoms with Crippen LogP contribution in [-0.4, -0.2) is 13.9 Å². The highest BCUT2D eigenvalue weighted by Gasteiger charge is 2.43. The Morgan fingerprint density at radius 2 is 1.81 bits per heavy atom. The number of hydrogen-bond acceptors (Lipinski definition) is 2. The number of sulfone groups is 1. The van der Waals surface area contributed by atoms with Gasteiger partial charge in [-0.2, -0.15) is 13.2 Å². The van der Waals surface area contributed by atoms with Gasteiger partial charge < -0.3 is 0 Å². The summed E-state index contributed by atoms with van der Waals surface area (Å²) in [5.74, 6) is -0.661. The van der Waals surface area contributed by atoms with Crippen LogP contribution in [0.4, 0.5) is 17.6 Å². The zero-order valence-electron chi connectivity index (χ0n) is 7.70. The third kappa shape index (κ3) is 3.06. The molecule has 0 heterocycles. The summed E-state index contributed by atoms with van der Waals surface area (Å²) >= 11 is 0. The van der Waals surface area contributed by atoms with Gasteiger partial charge in [-0.3, -0.25) is 0 Å². The second-order valence-corrected chi connectivity index (χ2v) is 4.67. The first kappa shape index (κ1) is 12.7. The van der Waals surface area contributed by atoms with Crippen LogP contribution in [0.5, 0.6) is 0 Å². The molecule has 0 unspecified atom stereocenters. The average molecular weight is 254 g/mol. The zero-order valence-corrected chi connectivity index (χ0v) is 8.52. The first-order valence-electron chi connectivity index (χ1n) is 3.97. The molecule has 0 aromatic heterocycles. The van der Waals surface area contributed by atoms with Crippen LogP contribution in [0, 0.1) is 5.82 Å². The predicted molar refractivity (Wildman–Crippen MR) is 50.4 cm³/mol. The fourth-order valence-corrected chi connectivity index (χ4v) is 1.35. The van der Waals surface area contributed by atoms with Gasteiger partial charge >= 0.3 is 5.51 Å². The molecule has 1 aromatic rings. The molecule has 0 aliphatic carbocycles. The lowest BCUT2D eigenvalue weighted by molar-refractivity contribution is -0.0423. The van der Waals surface area contributed by atoms with Crippen LogP contribution < -0.4 is 0 Å². The molecule has 0 bridgehead atoms. The monoisotopic (exact) mass is 254 g/mol. The molecule has 0 aliphatic rings. The molecule has 2 nitrogen and oxygen atoms in total. The van der Waals surface area contributed by atoms with E-state index in [1.807, 2.05) is 0 Å². The van der Waals surface area contributed by atoms with Gasteiger partial charge in [-0.1, -0.05) is 12.1 Å². The zero-order chi connectivity index (χ0) is 12.4. The largest absolute Gasteiger partial charge is 0.501 e. The topological polar surface area (TPSA) is 34.1 Å². The number of benzene rings is 1. The molecular weight excluding hydrogens is 248 g/mol. The quantitative estimate of drug-likeness (QED) is 0.760. The van der Waals surface area contributed by atoms with Crippen LogP contribution in [0.15, 0.2) is 29.7 Å². The number of alkyl halides is 3. The number of rotatable bonds is 2. The van der Waals surface area contributed by atoms with Gasteiger partial charge in [-0.05, 0) is 23.8 Å². The SMILES string of the molecule is O=S(=O)(/C=C/c1cccc(F)c1)C(F)(F)F. The Balaban J connectivity index is 2.99. The molecule has 7 heteroatoms. The molecular formula is C9H6F4O2S. The van der Waals surface area contributed by atoms with Crippen molar-refractivity contribution >= 4 is 15.9 Å². The van der Waals surface area contributed by atoms with E-state index in [0.717, 1.165) is 12.1 Å². The van der Waals surface area contributed by atoms with Gasteiger partial charge in [0.25, 0.3) is 9.84 Å². The van der Waals surface area contributed by atoms with Crippen molar-refractivity contribution in [3.8, 4) is 0 Å². The van der Waals surface area contributed by atoms with Crippen molar-refractivity contribution in [3.63, 3.8) is 0 Å². The van der Waals surface area contributed by atoms with Gasteiger partial charge in [0, 0.05) is 5.41 Å². The molecule has 1 aromatic carbocycles. The lowest BCUT2D eigenvalue weighted by Crippen LogP contribution is -2.20. The van der Waals surface area contributed by atoms with Crippen molar-refractivity contribution in [3.05, 3.63) is 41.1 Å². The maximum Gasteiger partial charge on any atom is 0.501 e. The van der Waals surface area contributed by atoms with Crippen molar-refractivity contribution in [2.75, 3.05) is 0 Å². The highest BCUT2D eigenvalue weighted by atomic mass is 32.2. The van der Waals surface area contributed by atoms with E-state index in [1.54, 1.807) is 0 Å². The highest BCUT2D eigenvalue weighted by Crippen LogP contribution is 2.25. The molecule has 0 radical (unpaired) electrons. The van der Waals surface area contributed by atoms with Crippen LogP contribution in [-0.2, 0) is 9.84 Å². The molecule has 0 saturated heterocycles. The Morgan fingerprint density at radius 1 is 1.19 bits per heavy atom. The van der Waals surface area contributed by atoms with Gasteiger partial charge in [0.1, 0.15) is 5.82 Å². The molecule has 0 fully saturated rings.